The molecule has 5 nitrogen and oxygen atoms in total. The van der Waals surface area contributed by atoms with Crippen LogP contribution in [0.3, 0.4) is 0 Å². The van der Waals surface area contributed by atoms with Crippen LogP contribution in [0.5, 0.6) is 0 Å². The van der Waals surface area contributed by atoms with E-state index in [0.29, 0.717) is 32.5 Å². The zero-order valence-corrected chi connectivity index (χ0v) is 15.7. The Morgan fingerprint density at radius 2 is 1.77 bits per heavy atom. The molecule has 2 aromatic rings. The highest BCUT2D eigenvalue weighted by Crippen LogP contribution is 2.37. The SMILES string of the molecule is CC(=O)N1CCC(C(=O)N(C)Cc2ccc(C)o2)(c2ccccc2)CC1. The van der Waals surface area contributed by atoms with Gasteiger partial charge in [-0.3, -0.25) is 9.59 Å². The first-order valence-corrected chi connectivity index (χ1v) is 9.04. The van der Waals surface area contributed by atoms with Gasteiger partial charge in [-0.1, -0.05) is 30.3 Å². The van der Waals surface area contributed by atoms with Gasteiger partial charge in [-0.15, -0.1) is 0 Å². The number of carbonyl (C=O) groups excluding carboxylic acids is 2. The van der Waals surface area contributed by atoms with Gasteiger partial charge >= 0.3 is 0 Å². The van der Waals surface area contributed by atoms with Gasteiger partial charge in [0.1, 0.15) is 11.5 Å². The normalized spacial score (nSPS) is 16.3. The van der Waals surface area contributed by atoms with Gasteiger partial charge in [0, 0.05) is 27.1 Å². The summed E-state index contributed by atoms with van der Waals surface area (Å²) in [6.07, 6.45) is 1.27. The van der Waals surface area contributed by atoms with Crippen LogP contribution in [-0.4, -0.2) is 41.8 Å². The van der Waals surface area contributed by atoms with Crippen LogP contribution in [0, 0.1) is 6.92 Å². The van der Waals surface area contributed by atoms with Gasteiger partial charge in [-0.05, 0) is 37.5 Å². The number of nitrogens with zero attached hydrogens (tertiary/aromatic N) is 2. The van der Waals surface area contributed by atoms with E-state index >= 15 is 0 Å². The zero-order chi connectivity index (χ0) is 18.7. The van der Waals surface area contributed by atoms with Crippen LogP contribution in [0.25, 0.3) is 0 Å². The molecular formula is C21H26N2O3. The van der Waals surface area contributed by atoms with Crippen molar-refractivity contribution in [2.75, 3.05) is 20.1 Å². The van der Waals surface area contributed by atoms with E-state index in [0.717, 1.165) is 17.1 Å². The van der Waals surface area contributed by atoms with Crippen LogP contribution in [0.4, 0.5) is 0 Å². The van der Waals surface area contributed by atoms with E-state index in [9.17, 15) is 9.59 Å². The molecule has 3 rings (SSSR count). The number of hydrogen-bond acceptors (Lipinski definition) is 3. The minimum Gasteiger partial charge on any atom is -0.464 e. The van der Waals surface area contributed by atoms with Gasteiger partial charge in [-0.25, -0.2) is 0 Å². The van der Waals surface area contributed by atoms with E-state index < -0.39 is 5.41 Å². The van der Waals surface area contributed by atoms with Gasteiger partial charge in [0.05, 0.1) is 12.0 Å². The van der Waals surface area contributed by atoms with E-state index in [4.69, 9.17) is 4.42 Å². The molecular weight excluding hydrogens is 328 g/mol. The van der Waals surface area contributed by atoms with Gasteiger partial charge in [-0.2, -0.15) is 0 Å². The van der Waals surface area contributed by atoms with Crippen LogP contribution >= 0.6 is 0 Å². The lowest BCUT2D eigenvalue weighted by molar-refractivity contribution is -0.142. The number of benzene rings is 1. The largest absolute Gasteiger partial charge is 0.464 e. The molecule has 1 fully saturated rings. The molecule has 2 amide bonds. The fraction of sp³-hybridized carbons (Fsp3) is 0.429. The average Bonchev–Trinajstić information content (AvgIpc) is 3.06. The Kier molecular flexibility index (Phi) is 5.16. The summed E-state index contributed by atoms with van der Waals surface area (Å²) < 4.78 is 5.63. The molecule has 0 radical (unpaired) electrons. The van der Waals surface area contributed by atoms with Crippen molar-refractivity contribution >= 4 is 11.8 Å². The summed E-state index contributed by atoms with van der Waals surface area (Å²) in [5, 5.41) is 0. The van der Waals surface area contributed by atoms with Crippen LogP contribution in [0.1, 0.15) is 36.8 Å². The fourth-order valence-electron chi connectivity index (χ4n) is 3.83. The molecule has 26 heavy (non-hydrogen) atoms. The smallest absolute Gasteiger partial charge is 0.233 e. The Bertz CT molecular complexity index is 774. The third kappa shape index (κ3) is 3.52. The number of hydrogen-bond donors (Lipinski definition) is 0. The van der Waals surface area contributed by atoms with E-state index in [1.165, 1.54) is 0 Å². The monoisotopic (exact) mass is 354 g/mol. The molecule has 0 saturated carbocycles. The number of likely N-dealkylation sites (tertiary alicyclic amines) is 1. The molecule has 138 valence electrons. The van der Waals surface area contributed by atoms with E-state index in [1.807, 2.05) is 61.3 Å². The summed E-state index contributed by atoms with van der Waals surface area (Å²) in [4.78, 5) is 28.8. The molecule has 5 heteroatoms. The first-order valence-electron chi connectivity index (χ1n) is 9.04. The van der Waals surface area contributed by atoms with Gasteiger partial charge in [0.15, 0.2) is 0 Å². The van der Waals surface area contributed by atoms with Crippen LogP contribution < -0.4 is 0 Å². The Balaban J connectivity index is 1.86. The highest BCUT2D eigenvalue weighted by atomic mass is 16.3. The van der Waals surface area contributed by atoms with Crippen molar-refractivity contribution in [3.8, 4) is 0 Å². The molecule has 0 aliphatic carbocycles. The zero-order valence-electron chi connectivity index (χ0n) is 15.7. The lowest BCUT2D eigenvalue weighted by Crippen LogP contribution is -2.52. The summed E-state index contributed by atoms with van der Waals surface area (Å²) in [6.45, 7) is 5.13. The van der Waals surface area contributed by atoms with Crippen LogP contribution in [0.2, 0.25) is 0 Å². The first-order chi connectivity index (χ1) is 12.4. The summed E-state index contributed by atoms with van der Waals surface area (Å²) in [5.41, 5.74) is 0.430. The quantitative estimate of drug-likeness (QED) is 0.848. The number of aryl methyl sites for hydroxylation is 1. The predicted octanol–water partition coefficient (Wildman–Crippen LogP) is 3.13. The van der Waals surface area contributed by atoms with Crippen molar-refractivity contribution in [2.45, 2.75) is 38.6 Å². The van der Waals surface area contributed by atoms with Crippen LogP contribution in [0.15, 0.2) is 46.9 Å². The Morgan fingerprint density at radius 1 is 1.12 bits per heavy atom. The third-order valence-electron chi connectivity index (χ3n) is 5.33. The Labute approximate surface area is 154 Å². The molecule has 1 aliphatic rings. The molecule has 1 saturated heterocycles. The lowest BCUT2D eigenvalue weighted by Gasteiger charge is -2.42. The lowest BCUT2D eigenvalue weighted by atomic mass is 9.71. The van der Waals surface area contributed by atoms with Crippen molar-refractivity contribution in [1.82, 2.24) is 9.80 Å². The van der Waals surface area contributed by atoms with Crippen molar-refractivity contribution in [3.63, 3.8) is 0 Å². The third-order valence-corrected chi connectivity index (χ3v) is 5.33. The average molecular weight is 354 g/mol. The topological polar surface area (TPSA) is 53.8 Å². The molecule has 0 N–H and O–H groups in total. The van der Waals surface area contributed by atoms with Crippen molar-refractivity contribution < 1.29 is 14.0 Å². The molecule has 0 unspecified atom stereocenters. The maximum absolute atomic E-state index is 13.5. The summed E-state index contributed by atoms with van der Waals surface area (Å²) >= 11 is 0. The van der Waals surface area contributed by atoms with E-state index in [-0.39, 0.29) is 11.8 Å². The summed E-state index contributed by atoms with van der Waals surface area (Å²) in [5.74, 6) is 1.77. The summed E-state index contributed by atoms with van der Waals surface area (Å²) in [7, 11) is 1.82. The molecule has 0 bridgehead atoms. The van der Waals surface area contributed by atoms with Crippen molar-refractivity contribution in [3.05, 3.63) is 59.5 Å². The van der Waals surface area contributed by atoms with Gasteiger partial charge in [0.25, 0.3) is 0 Å². The first kappa shape index (κ1) is 18.2. The van der Waals surface area contributed by atoms with E-state index in [2.05, 4.69) is 0 Å². The highest BCUT2D eigenvalue weighted by Gasteiger charge is 2.44. The number of piperidine rings is 1. The van der Waals surface area contributed by atoms with E-state index in [1.54, 1.807) is 11.8 Å². The molecule has 2 heterocycles. The van der Waals surface area contributed by atoms with Gasteiger partial charge < -0.3 is 14.2 Å². The molecule has 1 aliphatic heterocycles. The predicted molar refractivity (Wildman–Crippen MR) is 99.5 cm³/mol. The minimum atomic E-state index is -0.594. The van der Waals surface area contributed by atoms with Crippen LogP contribution in [-0.2, 0) is 21.5 Å². The number of rotatable bonds is 4. The molecule has 1 aromatic heterocycles. The standard InChI is InChI=1S/C21H26N2O3/c1-16-9-10-19(26-16)15-22(3)20(25)21(18-7-5-4-6-8-18)11-13-23(14-12-21)17(2)24/h4-10H,11-15H2,1-3H3. The van der Waals surface area contributed by atoms with Crippen molar-refractivity contribution in [2.24, 2.45) is 0 Å². The maximum Gasteiger partial charge on any atom is 0.233 e. The second-order valence-corrected chi connectivity index (χ2v) is 7.13. The number of amides is 2. The second kappa shape index (κ2) is 7.36. The minimum absolute atomic E-state index is 0.0681. The Morgan fingerprint density at radius 3 is 2.31 bits per heavy atom. The molecule has 0 spiro atoms. The Hall–Kier alpha value is -2.56. The number of carbonyl (C=O) groups is 2. The molecule has 0 atom stereocenters. The molecule has 1 aromatic carbocycles. The van der Waals surface area contributed by atoms with Gasteiger partial charge in [0.2, 0.25) is 11.8 Å². The number of furan rings is 1. The maximum atomic E-state index is 13.5. The number of likely N-dealkylation sites (N-methyl/N-ethyl adjacent to an activating group) is 1. The second-order valence-electron chi connectivity index (χ2n) is 7.13. The van der Waals surface area contributed by atoms with Crippen molar-refractivity contribution in [1.29, 1.82) is 0 Å². The fourth-order valence-corrected chi connectivity index (χ4v) is 3.83. The highest BCUT2D eigenvalue weighted by molar-refractivity contribution is 5.88. The summed E-state index contributed by atoms with van der Waals surface area (Å²) in [6, 6.07) is 13.8.